The van der Waals surface area contributed by atoms with E-state index in [1.807, 2.05) is 30.3 Å². The summed E-state index contributed by atoms with van der Waals surface area (Å²) in [6.07, 6.45) is 9.59. The summed E-state index contributed by atoms with van der Waals surface area (Å²) < 4.78 is 6.04. The van der Waals surface area contributed by atoms with Gasteiger partial charge in [0.05, 0.1) is 5.41 Å². The molecule has 0 aliphatic heterocycles. The van der Waals surface area contributed by atoms with Crippen LogP contribution in [0.2, 0.25) is 0 Å². The summed E-state index contributed by atoms with van der Waals surface area (Å²) in [4.78, 5) is 13.3. The number of ether oxygens (including phenoxy) is 1. The molecular formula is C24H24O2. The highest BCUT2D eigenvalue weighted by Crippen LogP contribution is 2.80. The number of benzene rings is 2. The minimum Gasteiger partial charge on any atom is -0.425 e. The fourth-order valence-corrected chi connectivity index (χ4v) is 6.98. The van der Waals surface area contributed by atoms with E-state index in [4.69, 9.17) is 4.74 Å². The van der Waals surface area contributed by atoms with Crippen LogP contribution in [-0.4, -0.2) is 5.97 Å². The Morgan fingerprint density at radius 2 is 1.92 bits per heavy atom. The Balaban J connectivity index is 1.32. The van der Waals surface area contributed by atoms with E-state index < -0.39 is 0 Å². The van der Waals surface area contributed by atoms with Crippen molar-refractivity contribution in [1.29, 1.82) is 0 Å². The van der Waals surface area contributed by atoms with E-state index in [1.165, 1.54) is 12.8 Å². The molecule has 0 saturated heterocycles. The average Bonchev–Trinajstić information content (AvgIpc) is 3.20. The monoisotopic (exact) mass is 344 g/mol. The zero-order chi connectivity index (χ0) is 17.5. The van der Waals surface area contributed by atoms with Crippen LogP contribution in [0.15, 0.2) is 54.6 Å². The molecule has 0 N–H and O–H groups in total. The fraction of sp³-hybridized carbons (Fsp3) is 0.458. The molecule has 6 rings (SSSR count). The zero-order valence-corrected chi connectivity index (χ0v) is 15.2. The van der Waals surface area contributed by atoms with Gasteiger partial charge in [0.1, 0.15) is 5.75 Å². The van der Waals surface area contributed by atoms with Crippen molar-refractivity contribution in [2.24, 2.45) is 34.5 Å². The summed E-state index contributed by atoms with van der Waals surface area (Å²) in [5.41, 5.74) is 0.231. The molecule has 6 unspecified atom stereocenters. The van der Waals surface area contributed by atoms with E-state index in [2.05, 4.69) is 31.2 Å². The average molecular weight is 344 g/mol. The van der Waals surface area contributed by atoms with Crippen LogP contribution in [-0.2, 0) is 4.79 Å². The Kier molecular flexibility index (Phi) is 2.77. The quantitative estimate of drug-likeness (QED) is 0.416. The second-order valence-corrected chi connectivity index (χ2v) is 9.22. The molecule has 2 heteroatoms. The van der Waals surface area contributed by atoms with Crippen LogP contribution in [0.5, 0.6) is 5.75 Å². The molecule has 2 nitrogen and oxygen atoms in total. The van der Waals surface area contributed by atoms with Crippen LogP contribution >= 0.6 is 0 Å². The van der Waals surface area contributed by atoms with Gasteiger partial charge in [0.15, 0.2) is 0 Å². The second-order valence-electron chi connectivity index (χ2n) is 9.22. The van der Waals surface area contributed by atoms with Crippen molar-refractivity contribution in [3.8, 4) is 5.75 Å². The normalized spacial score (nSPS) is 41.7. The van der Waals surface area contributed by atoms with Crippen molar-refractivity contribution in [3.63, 3.8) is 0 Å². The second kappa shape index (κ2) is 4.79. The van der Waals surface area contributed by atoms with E-state index >= 15 is 0 Å². The predicted molar refractivity (Wildman–Crippen MR) is 102 cm³/mol. The molecule has 2 aromatic carbocycles. The Labute approximate surface area is 154 Å². The number of esters is 1. The largest absolute Gasteiger partial charge is 0.425 e. The number of fused-ring (bicyclic) bond motifs is 4. The topological polar surface area (TPSA) is 26.3 Å². The highest BCUT2D eigenvalue weighted by molar-refractivity contribution is 5.91. The molecule has 3 saturated carbocycles. The number of allylic oxidation sites excluding steroid dienone is 2. The van der Waals surface area contributed by atoms with Crippen molar-refractivity contribution in [3.05, 3.63) is 54.6 Å². The summed E-state index contributed by atoms with van der Waals surface area (Å²) >= 11 is 0. The van der Waals surface area contributed by atoms with Gasteiger partial charge in [-0.25, -0.2) is 0 Å². The number of carbonyl (C=O) groups is 1. The Morgan fingerprint density at radius 3 is 2.85 bits per heavy atom. The van der Waals surface area contributed by atoms with Crippen molar-refractivity contribution in [2.45, 2.75) is 32.6 Å². The van der Waals surface area contributed by atoms with Crippen LogP contribution in [0.4, 0.5) is 0 Å². The van der Waals surface area contributed by atoms with Gasteiger partial charge in [-0.2, -0.15) is 0 Å². The highest BCUT2D eigenvalue weighted by atomic mass is 16.5. The third kappa shape index (κ3) is 1.71. The van der Waals surface area contributed by atoms with Gasteiger partial charge in [-0.15, -0.1) is 0 Å². The number of rotatable bonds is 2. The molecule has 2 aromatic rings. The maximum absolute atomic E-state index is 13.3. The van der Waals surface area contributed by atoms with Crippen LogP contribution in [0.3, 0.4) is 0 Å². The van der Waals surface area contributed by atoms with E-state index in [1.54, 1.807) is 0 Å². The SMILES string of the molecule is CC1(C(=O)Oc2cccc3ccccc23)CC2CC1C1CC=CC3CC321. The van der Waals surface area contributed by atoms with Gasteiger partial charge >= 0.3 is 5.97 Å². The summed E-state index contributed by atoms with van der Waals surface area (Å²) in [5.74, 6) is 3.40. The molecule has 26 heavy (non-hydrogen) atoms. The third-order valence-electron chi connectivity index (χ3n) is 8.24. The summed E-state index contributed by atoms with van der Waals surface area (Å²) in [7, 11) is 0. The van der Waals surface area contributed by atoms with Gasteiger partial charge in [-0.1, -0.05) is 48.6 Å². The first-order valence-corrected chi connectivity index (χ1v) is 10.00. The smallest absolute Gasteiger partial charge is 0.317 e. The van der Waals surface area contributed by atoms with E-state index in [0.717, 1.165) is 35.4 Å². The molecule has 1 spiro atoms. The lowest BCUT2D eigenvalue weighted by atomic mass is 9.61. The van der Waals surface area contributed by atoms with Crippen molar-refractivity contribution in [2.75, 3.05) is 0 Å². The van der Waals surface area contributed by atoms with Crippen LogP contribution in [0.25, 0.3) is 10.8 Å². The summed E-state index contributed by atoms with van der Waals surface area (Å²) in [6, 6.07) is 14.1. The summed E-state index contributed by atoms with van der Waals surface area (Å²) in [6.45, 7) is 2.17. The number of carbonyl (C=O) groups excluding carboxylic acids is 1. The van der Waals surface area contributed by atoms with Gasteiger partial charge in [-0.3, -0.25) is 4.79 Å². The standard InChI is InChI=1S/C24H24O2/c1-23(13-17-12-20(23)19-10-5-8-16-14-24(16,17)19)22(25)26-21-11-4-7-15-6-2-3-9-18(15)21/h2-9,11,16-17,19-20H,10,12-14H2,1H3. The van der Waals surface area contributed by atoms with Crippen molar-refractivity contribution in [1.82, 2.24) is 0 Å². The zero-order valence-electron chi connectivity index (χ0n) is 15.2. The molecule has 0 amide bonds. The predicted octanol–water partition coefficient (Wildman–Crippen LogP) is 5.37. The molecule has 0 heterocycles. The first kappa shape index (κ1) is 15.0. The lowest BCUT2D eigenvalue weighted by molar-refractivity contribution is -0.150. The molecule has 0 aromatic heterocycles. The van der Waals surface area contributed by atoms with Gasteiger partial charge in [0.25, 0.3) is 0 Å². The van der Waals surface area contributed by atoms with E-state index in [-0.39, 0.29) is 11.4 Å². The van der Waals surface area contributed by atoms with Gasteiger partial charge in [0, 0.05) is 5.39 Å². The first-order chi connectivity index (χ1) is 12.6. The lowest BCUT2D eigenvalue weighted by Gasteiger charge is -2.42. The lowest BCUT2D eigenvalue weighted by Crippen LogP contribution is -2.44. The molecule has 0 radical (unpaired) electrons. The molecule has 132 valence electrons. The van der Waals surface area contributed by atoms with Crippen LogP contribution in [0.1, 0.15) is 32.6 Å². The molecule has 3 fully saturated rings. The molecule has 2 bridgehead atoms. The third-order valence-corrected chi connectivity index (χ3v) is 8.24. The Morgan fingerprint density at radius 1 is 1.08 bits per heavy atom. The maximum Gasteiger partial charge on any atom is 0.317 e. The first-order valence-electron chi connectivity index (χ1n) is 10.00. The Bertz CT molecular complexity index is 954. The molecule has 6 atom stereocenters. The number of hydrogen-bond acceptors (Lipinski definition) is 2. The minimum absolute atomic E-state index is 0.0112. The maximum atomic E-state index is 13.3. The number of hydrogen-bond donors (Lipinski definition) is 0. The van der Waals surface area contributed by atoms with Gasteiger partial charge in [-0.05, 0) is 73.1 Å². The van der Waals surface area contributed by atoms with Gasteiger partial charge < -0.3 is 4.74 Å². The fourth-order valence-electron chi connectivity index (χ4n) is 6.98. The summed E-state index contributed by atoms with van der Waals surface area (Å²) in [5, 5.41) is 2.14. The van der Waals surface area contributed by atoms with E-state index in [9.17, 15) is 4.79 Å². The van der Waals surface area contributed by atoms with E-state index in [0.29, 0.717) is 23.0 Å². The molecule has 4 aliphatic rings. The van der Waals surface area contributed by atoms with Gasteiger partial charge in [0.2, 0.25) is 0 Å². The van der Waals surface area contributed by atoms with Crippen molar-refractivity contribution >= 4 is 16.7 Å². The highest BCUT2D eigenvalue weighted by Gasteiger charge is 2.75. The molecule has 4 aliphatic carbocycles. The molecular weight excluding hydrogens is 320 g/mol. The van der Waals surface area contributed by atoms with Crippen LogP contribution in [0, 0.1) is 34.5 Å². The van der Waals surface area contributed by atoms with Crippen molar-refractivity contribution < 1.29 is 9.53 Å². The Hall–Kier alpha value is -2.09. The van der Waals surface area contributed by atoms with Crippen LogP contribution < -0.4 is 4.74 Å². The minimum atomic E-state index is -0.324.